The third-order valence-corrected chi connectivity index (χ3v) is 3.80. The van der Waals surface area contributed by atoms with Crippen molar-refractivity contribution in [2.75, 3.05) is 7.11 Å². The minimum absolute atomic E-state index is 0.00659. The first-order chi connectivity index (χ1) is 10.8. The largest absolute Gasteiger partial charge is 0.493 e. The number of aliphatic imine (C=N–C) groups is 1. The molecule has 1 aromatic carbocycles. The van der Waals surface area contributed by atoms with E-state index < -0.39 is 0 Å². The summed E-state index contributed by atoms with van der Waals surface area (Å²) >= 11 is 0. The number of fused-ring (bicyclic) bond motifs is 2. The molecule has 2 aliphatic heterocycles. The normalized spacial score (nSPS) is 19.9. The van der Waals surface area contributed by atoms with E-state index in [0.717, 1.165) is 6.42 Å². The summed E-state index contributed by atoms with van der Waals surface area (Å²) in [5.41, 5.74) is 1.95. The number of benzene rings is 1. The van der Waals surface area contributed by atoms with Crippen molar-refractivity contribution in [3.63, 3.8) is 0 Å². The van der Waals surface area contributed by atoms with E-state index in [2.05, 4.69) is 4.99 Å². The van der Waals surface area contributed by atoms with Crippen molar-refractivity contribution in [3.05, 3.63) is 29.5 Å². The molecule has 0 unspecified atom stereocenters. The van der Waals surface area contributed by atoms with Crippen LogP contribution >= 0.6 is 0 Å². The molecule has 0 spiro atoms. The molecule has 122 valence electrons. The molecule has 5 nitrogen and oxygen atoms in total. The SMILES string of the molecule is COc1cc2c(cc1OC(C)(C)C)C(=O)N1C=C(C)C[C@H]1C=N2. The topological polar surface area (TPSA) is 51.1 Å². The number of methoxy groups -OCH3 is 1. The molecule has 0 aromatic heterocycles. The first kappa shape index (κ1) is 15.6. The molecule has 0 saturated carbocycles. The molecule has 3 rings (SSSR count). The molecule has 5 heteroatoms. The number of ether oxygens (including phenoxy) is 2. The van der Waals surface area contributed by atoms with Gasteiger partial charge in [0, 0.05) is 18.5 Å². The van der Waals surface area contributed by atoms with Gasteiger partial charge in [0.25, 0.3) is 5.91 Å². The van der Waals surface area contributed by atoms with Gasteiger partial charge >= 0.3 is 0 Å². The number of carbonyl (C=O) groups excluding carboxylic acids is 1. The van der Waals surface area contributed by atoms with E-state index in [1.165, 1.54) is 5.57 Å². The highest BCUT2D eigenvalue weighted by atomic mass is 16.5. The lowest BCUT2D eigenvalue weighted by atomic mass is 10.1. The molecule has 1 aromatic rings. The average Bonchev–Trinajstić information content (AvgIpc) is 2.79. The Hall–Kier alpha value is -2.30. The Morgan fingerprint density at radius 2 is 2.00 bits per heavy atom. The van der Waals surface area contributed by atoms with Gasteiger partial charge in [-0.05, 0) is 40.2 Å². The van der Waals surface area contributed by atoms with E-state index in [9.17, 15) is 4.79 Å². The van der Waals surface area contributed by atoms with Crippen molar-refractivity contribution < 1.29 is 14.3 Å². The zero-order valence-electron chi connectivity index (χ0n) is 14.2. The highest BCUT2D eigenvalue weighted by molar-refractivity contribution is 6.04. The molecule has 0 saturated heterocycles. The summed E-state index contributed by atoms with van der Waals surface area (Å²) in [6.07, 6.45) is 4.56. The molecular formula is C18H22N2O3. The minimum Gasteiger partial charge on any atom is -0.493 e. The molecule has 0 fully saturated rings. The second-order valence-electron chi connectivity index (χ2n) is 6.97. The minimum atomic E-state index is -0.384. The van der Waals surface area contributed by atoms with Gasteiger partial charge in [-0.2, -0.15) is 0 Å². The van der Waals surface area contributed by atoms with Gasteiger partial charge in [-0.25, -0.2) is 0 Å². The Bertz CT molecular complexity index is 714. The summed E-state index contributed by atoms with van der Waals surface area (Å²) in [6, 6.07) is 3.50. The number of amides is 1. The van der Waals surface area contributed by atoms with Gasteiger partial charge in [0.15, 0.2) is 11.5 Å². The maximum Gasteiger partial charge on any atom is 0.260 e. The summed E-state index contributed by atoms with van der Waals surface area (Å²) < 4.78 is 11.4. The van der Waals surface area contributed by atoms with E-state index >= 15 is 0 Å². The van der Waals surface area contributed by atoms with Crippen LogP contribution in [0.3, 0.4) is 0 Å². The van der Waals surface area contributed by atoms with Crippen LogP contribution in [-0.4, -0.2) is 35.8 Å². The predicted molar refractivity (Wildman–Crippen MR) is 89.9 cm³/mol. The molecule has 1 atom stereocenters. The Morgan fingerprint density at radius 1 is 1.26 bits per heavy atom. The van der Waals surface area contributed by atoms with Crippen LogP contribution in [0.25, 0.3) is 0 Å². The molecule has 2 aliphatic rings. The number of rotatable bonds is 2. The lowest BCUT2D eigenvalue weighted by molar-refractivity contribution is 0.0815. The van der Waals surface area contributed by atoms with Crippen molar-refractivity contribution >= 4 is 17.8 Å². The second-order valence-corrected chi connectivity index (χ2v) is 6.97. The van der Waals surface area contributed by atoms with Gasteiger partial charge in [-0.15, -0.1) is 0 Å². The van der Waals surface area contributed by atoms with Gasteiger partial charge in [0.1, 0.15) is 5.60 Å². The zero-order chi connectivity index (χ0) is 16.8. The van der Waals surface area contributed by atoms with Gasteiger partial charge < -0.3 is 14.4 Å². The Balaban J connectivity index is 2.08. The fraction of sp³-hybridized carbons (Fsp3) is 0.444. The van der Waals surface area contributed by atoms with Crippen LogP contribution in [-0.2, 0) is 0 Å². The van der Waals surface area contributed by atoms with E-state index in [-0.39, 0.29) is 17.6 Å². The third kappa shape index (κ3) is 2.96. The number of carbonyl (C=O) groups is 1. The summed E-state index contributed by atoms with van der Waals surface area (Å²) in [4.78, 5) is 19.1. The number of hydrogen-bond acceptors (Lipinski definition) is 4. The lowest BCUT2D eigenvalue weighted by Gasteiger charge is -2.24. The zero-order valence-corrected chi connectivity index (χ0v) is 14.2. The Labute approximate surface area is 136 Å². The third-order valence-electron chi connectivity index (χ3n) is 3.80. The lowest BCUT2D eigenvalue weighted by Crippen LogP contribution is -2.32. The maximum atomic E-state index is 12.9. The van der Waals surface area contributed by atoms with Gasteiger partial charge in [0.2, 0.25) is 0 Å². The Morgan fingerprint density at radius 3 is 2.65 bits per heavy atom. The van der Waals surface area contributed by atoms with E-state index in [4.69, 9.17) is 9.47 Å². The van der Waals surface area contributed by atoms with Crippen LogP contribution in [0.4, 0.5) is 5.69 Å². The number of hydrogen-bond donors (Lipinski definition) is 0. The maximum absolute atomic E-state index is 12.9. The summed E-state index contributed by atoms with van der Waals surface area (Å²) in [6.45, 7) is 7.90. The second kappa shape index (κ2) is 5.41. The van der Waals surface area contributed by atoms with Crippen LogP contribution in [0.1, 0.15) is 44.5 Å². The molecule has 0 aliphatic carbocycles. The van der Waals surface area contributed by atoms with Crippen LogP contribution in [0.5, 0.6) is 11.5 Å². The van der Waals surface area contributed by atoms with Crippen LogP contribution in [0.2, 0.25) is 0 Å². The molecule has 1 amide bonds. The molecular weight excluding hydrogens is 292 g/mol. The van der Waals surface area contributed by atoms with Crippen molar-refractivity contribution in [3.8, 4) is 11.5 Å². The molecule has 23 heavy (non-hydrogen) atoms. The average molecular weight is 314 g/mol. The van der Waals surface area contributed by atoms with Crippen molar-refractivity contribution in [2.24, 2.45) is 4.99 Å². The highest BCUT2D eigenvalue weighted by Crippen LogP contribution is 2.39. The van der Waals surface area contributed by atoms with Gasteiger partial charge in [-0.1, -0.05) is 5.57 Å². The van der Waals surface area contributed by atoms with E-state index in [1.807, 2.05) is 40.1 Å². The Kier molecular flexibility index (Phi) is 3.66. The van der Waals surface area contributed by atoms with Crippen LogP contribution < -0.4 is 9.47 Å². The standard InChI is InChI=1S/C18H22N2O3/c1-11-6-12-9-19-14-8-15(22-5)16(23-18(2,3)4)7-13(14)17(21)20(12)10-11/h7-10,12H,6H2,1-5H3/t12-/m0/s1. The number of nitrogens with zero attached hydrogens (tertiary/aromatic N) is 2. The fourth-order valence-corrected chi connectivity index (χ4v) is 2.85. The van der Waals surface area contributed by atoms with Gasteiger partial charge in [-0.3, -0.25) is 9.79 Å². The van der Waals surface area contributed by atoms with Crippen LogP contribution in [0, 0.1) is 0 Å². The quantitative estimate of drug-likeness (QED) is 0.836. The van der Waals surface area contributed by atoms with Crippen molar-refractivity contribution in [1.82, 2.24) is 4.90 Å². The first-order valence-electron chi connectivity index (χ1n) is 7.74. The van der Waals surface area contributed by atoms with Crippen molar-refractivity contribution in [1.29, 1.82) is 0 Å². The van der Waals surface area contributed by atoms with E-state index in [1.54, 1.807) is 24.1 Å². The predicted octanol–water partition coefficient (Wildman–Crippen LogP) is 3.71. The summed E-state index contributed by atoms with van der Waals surface area (Å²) in [5, 5.41) is 0. The first-order valence-corrected chi connectivity index (χ1v) is 7.74. The monoisotopic (exact) mass is 314 g/mol. The van der Waals surface area contributed by atoms with Crippen molar-refractivity contribution in [2.45, 2.75) is 45.8 Å². The fourth-order valence-electron chi connectivity index (χ4n) is 2.85. The molecule has 0 N–H and O–H groups in total. The summed E-state index contributed by atoms with van der Waals surface area (Å²) in [5.74, 6) is 1.08. The summed E-state index contributed by atoms with van der Waals surface area (Å²) in [7, 11) is 1.59. The van der Waals surface area contributed by atoms with E-state index in [0.29, 0.717) is 22.7 Å². The van der Waals surface area contributed by atoms with Crippen LogP contribution in [0.15, 0.2) is 28.9 Å². The molecule has 2 heterocycles. The highest BCUT2D eigenvalue weighted by Gasteiger charge is 2.32. The molecule has 0 radical (unpaired) electrons. The smallest absolute Gasteiger partial charge is 0.260 e. The molecule has 0 bridgehead atoms. The van der Waals surface area contributed by atoms with Gasteiger partial charge in [0.05, 0.1) is 24.4 Å².